The molecule has 0 spiro atoms. The zero-order valence-electron chi connectivity index (χ0n) is 8.37. The fourth-order valence-corrected chi connectivity index (χ4v) is 2.48. The van der Waals surface area contributed by atoms with Crippen molar-refractivity contribution in [2.24, 2.45) is 5.92 Å². The van der Waals surface area contributed by atoms with E-state index in [0.717, 1.165) is 23.1 Å². The SMILES string of the molecule is O=C(Nc1c(Cl)ccc2scnc12)C1CC1. The second kappa shape index (κ2) is 3.71. The number of hydrogen-bond donors (Lipinski definition) is 1. The van der Waals surface area contributed by atoms with Gasteiger partial charge in [-0.05, 0) is 25.0 Å². The van der Waals surface area contributed by atoms with E-state index in [4.69, 9.17) is 11.6 Å². The lowest BCUT2D eigenvalue weighted by atomic mass is 10.2. The number of hydrogen-bond acceptors (Lipinski definition) is 3. The minimum atomic E-state index is 0.0578. The number of carbonyl (C=O) groups excluding carboxylic acids is 1. The van der Waals surface area contributed by atoms with Crippen LogP contribution in [0, 0.1) is 5.92 Å². The highest BCUT2D eigenvalue weighted by molar-refractivity contribution is 7.16. The van der Waals surface area contributed by atoms with E-state index in [0.29, 0.717) is 10.7 Å². The number of aromatic nitrogens is 1. The number of anilines is 1. The summed E-state index contributed by atoms with van der Waals surface area (Å²) < 4.78 is 1.04. The van der Waals surface area contributed by atoms with Gasteiger partial charge in [-0.1, -0.05) is 11.6 Å². The molecule has 5 heteroatoms. The largest absolute Gasteiger partial charge is 0.323 e. The van der Waals surface area contributed by atoms with E-state index >= 15 is 0 Å². The summed E-state index contributed by atoms with van der Waals surface area (Å²) >= 11 is 7.62. The average molecular weight is 253 g/mol. The molecule has 16 heavy (non-hydrogen) atoms. The van der Waals surface area contributed by atoms with Crippen LogP contribution in [-0.4, -0.2) is 10.9 Å². The molecule has 0 unspecified atom stereocenters. The molecule has 1 fully saturated rings. The van der Waals surface area contributed by atoms with Crippen molar-refractivity contribution in [1.29, 1.82) is 0 Å². The van der Waals surface area contributed by atoms with Crippen LogP contribution in [0.5, 0.6) is 0 Å². The number of benzene rings is 1. The first kappa shape index (κ1) is 10.1. The summed E-state index contributed by atoms with van der Waals surface area (Å²) in [4.78, 5) is 15.9. The maximum Gasteiger partial charge on any atom is 0.227 e. The predicted molar refractivity (Wildman–Crippen MR) is 66.0 cm³/mol. The molecule has 1 N–H and O–H groups in total. The fraction of sp³-hybridized carbons (Fsp3) is 0.273. The lowest BCUT2D eigenvalue weighted by Crippen LogP contribution is -2.13. The fourth-order valence-electron chi connectivity index (χ4n) is 1.60. The maximum atomic E-state index is 11.7. The van der Waals surface area contributed by atoms with E-state index in [1.807, 2.05) is 6.07 Å². The molecule has 1 aromatic carbocycles. The molecule has 3 nitrogen and oxygen atoms in total. The summed E-state index contributed by atoms with van der Waals surface area (Å²) in [6.07, 6.45) is 1.97. The molecule has 0 atom stereocenters. The summed E-state index contributed by atoms with van der Waals surface area (Å²) in [5.74, 6) is 0.229. The van der Waals surface area contributed by atoms with Gasteiger partial charge in [0.2, 0.25) is 5.91 Å². The summed E-state index contributed by atoms with van der Waals surface area (Å²) in [7, 11) is 0. The van der Waals surface area contributed by atoms with Crippen molar-refractivity contribution in [3.05, 3.63) is 22.7 Å². The summed E-state index contributed by atoms with van der Waals surface area (Å²) in [6, 6.07) is 3.71. The van der Waals surface area contributed by atoms with Crippen molar-refractivity contribution in [3.8, 4) is 0 Å². The molecular formula is C11H9ClN2OS. The number of thiazole rings is 1. The highest BCUT2D eigenvalue weighted by Crippen LogP contribution is 2.35. The average Bonchev–Trinajstić information content (AvgIpc) is 3.01. The molecule has 1 heterocycles. The van der Waals surface area contributed by atoms with Gasteiger partial charge >= 0.3 is 0 Å². The Morgan fingerprint density at radius 3 is 3.06 bits per heavy atom. The molecule has 1 aliphatic rings. The molecule has 82 valence electrons. The van der Waals surface area contributed by atoms with Crippen LogP contribution in [0.2, 0.25) is 5.02 Å². The van der Waals surface area contributed by atoms with Crippen molar-refractivity contribution in [2.75, 3.05) is 5.32 Å². The molecular weight excluding hydrogens is 244 g/mol. The standard InChI is InChI=1S/C11H9ClN2OS/c12-7-3-4-8-10(13-5-16-8)9(7)14-11(15)6-1-2-6/h3-6H,1-2H2,(H,14,15). The number of amides is 1. The van der Waals surface area contributed by atoms with Crippen molar-refractivity contribution >= 4 is 44.7 Å². The third-order valence-corrected chi connectivity index (χ3v) is 3.76. The third-order valence-electron chi connectivity index (χ3n) is 2.65. The molecule has 3 rings (SSSR count). The summed E-state index contributed by atoms with van der Waals surface area (Å²) in [5, 5.41) is 3.42. The van der Waals surface area contributed by atoms with Crippen LogP contribution in [0.15, 0.2) is 17.6 Å². The van der Waals surface area contributed by atoms with E-state index in [1.54, 1.807) is 22.9 Å². The molecule has 2 aromatic rings. The molecule has 0 saturated heterocycles. The smallest absolute Gasteiger partial charge is 0.227 e. The van der Waals surface area contributed by atoms with Crippen LogP contribution in [0.25, 0.3) is 10.2 Å². The van der Waals surface area contributed by atoms with E-state index < -0.39 is 0 Å². The van der Waals surface area contributed by atoms with Crippen LogP contribution in [-0.2, 0) is 4.79 Å². The third kappa shape index (κ3) is 1.68. The Kier molecular flexibility index (Phi) is 2.33. The first-order valence-corrected chi connectivity index (χ1v) is 6.34. The van der Waals surface area contributed by atoms with Crippen LogP contribution < -0.4 is 5.32 Å². The van der Waals surface area contributed by atoms with Gasteiger partial charge < -0.3 is 5.32 Å². The van der Waals surface area contributed by atoms with Crippen molar-refractivity contribution < 1.29 is 4.79 Å². The van der Waals surface area contributed by atoms with Gasteiger partial charge in [-0.3, -0.25) is 4.79 Å². The molecule has 0 aliphatic heterocycles. The van der Waals surface area contributed by atoms with Gasteiger partial charge in [0, 0.05) is 5.92 Å². The van der Waals surface area contributed by atoms with Gasteiger partial charge in [0.05, 0.1) is 20.9 Å². The maximum absolute atomic E-state index is 11.7. The summed E-state index contributed by atoms with van der Waals surface area (Å²) in [6.45, 7) is 0. The van der Waals surface area contributed by atoms with Gasteiger partial charge in [0.15, 0.2) is 0 Å². The monoisotopic (exact) mass is 252 g/mol. The highest BCUT2D eigenvalue weighted by Gasteiger charge is 2.30. The molecule has 0 bridgehead atoms. The zero-order chi connectivity index (χ0) is 11.1. The number of nitrogens with one attached hydrogen (secondary N) is 1. The Labute approximate surface area is 101 Å². The molecule has 1 saturated carbocycles. The van der Waals surface area contributed by atoms with E-state index in [1.165, 1.54) is 0 Å². The number of halogens is 1. The highest BCUT2D eigenvalue weighted by atomic mass is 35.5. The molecule has 1 aliphatic carbocycles. The lowest BCUT2D eigenvalue weighted by molar-refractivity contribution is -0.117. The first-order valence-electron chi connectivity index (χ1n) is 5.08. The quantitative estimate of drug-likeness (QED) is 0.891. The normalized spacial score (nSPS) is 15.3. The van der Waals surface area contributed by atoms with Gasteiger partial charge in [-0.2, -0.15) is 0 Å². The Hall–Kier alpha value is -1.13. The molecule has 1 aromatic heterocycles. The minimum Gasteiger partial charge on any atom is -0.323 e. The van der Waals surface area contributed by atoms with E-state index in [2.05, 4.69) is 10.3 Å². The second-order valence-corrected chi connectivity index (χ2v) is 5.18. The van der Waals surface area contributed by atoms with Gasteiger partial charge in [0.25, 0.3) is 0 Å². The van der Waals surface area contributed by atoms with Crippen LogP contribution >= 0.6 is 22.9 Å². The molecule has 0 radical (unpaired) electrons. The van der Waals surface area contributed by atoms with E-state index in [-0.39, 0.29) is 11.8 Å². The van der Waals surface area contributed by atoms with Crippen molar-refractivity contribution in [1.82, 2.24) is 4.98 Å². The number of fused-ring (bicyclic) bond motifs is 1. The topological polar surface area (TPSA) is 42.0 Å². The lowest BCUT2D eigenvalue weighted by Gasteiger charge is -2.06. The minimum absolute atomic E-state index is 0.0578. The number of rotatable bonds is 2. The predicted octanol–water partition coefficient (Wildman–Crippen LogP) is 3.30. The van der Waals surface area contributed by atoms with Crippen LogP contribution in [0.4, 0.5) is 5.69 Å². The van der Waals surface area contributed by atoms with E-state index in [9.17, 15) is 4.79 Å². The van der Waals surface area contributed by atoms with Gasteiger partial charge in [0.1, 0.15) is 5.52 Å². The zero-order valence-corrected chi connectivity index (χ0v) is 9.94. The molecule has 1 amide bonds. The Bertz CT molecular complexity index is 562. The Morgan fingerprint density at radius 1 is 1.50 bits per heavy atom. The van der Waals surface area contributed by atoms with Crippen LogP contribution in [0.1, 0.15) is 12.8 Å². The Morgan fingerprint density at radius 2 is 2.31 bits per heavy atom. The first-order chi connectivity index (χ1) is 7.75. The van der Waals surface area contributed by atoms with Crippen molar-refractivity contribution in [3.63, 3.8) is 0 Å². The Balaban J connectivity index is 2.02. The van der Waals surface area contributed by atoms with Gasteiger partial charge in [-0.15, -0.1) is 11.3 Å². The van der Waals surface area contributed by atoms with Gasteiger partial charge in [-0.25, -0.2) is 4.98 Å². The van der Waals surface area contributed by atoms with Crippen LogP contribution in [0.3, 0.4) is 0 Å². The second-order valence-electron chi connectivity index (χ2n) is 3.89. The van der Waals surface area contributed by atoms with Crippen molar-refractivity contribution in [2.45, 2.75) is 12.8 Å². The number of carbonyl (C=O) groups is 1. The summed E-state index contributed by atoms with van der Waals surface area (Å²) in [5.41, 5.74) is 3.19. The number of nitrogens with zero attached hydrogens (tertiary/aromatic N) is 1.